The molecule has 0 saturated carbocycles. The van der Waals surface area contributed by atoms with Crippen molar-refractivity contribution in [3.8, 4) is 0 Å². The SMILES string of the molecule is CC(C)(C)OC(=O)N1CCN(c2ccc(CNC3=NCCCN3)cc2F)CC1.I. The van der Waals surface area contributed by atoms with Crippen molar-refractivity contribution in [2.45, 2.75) is 39.3 Å². The van der Waals surface area contributed by atoms with E-state index in [9.17, 15) is 9.18 Å². The summed E-state index contributed by atoms with van der Waals surface area (Å²) in [7, 11) is 0. The average molecular weight is 519 g/mol. The van der Waals surface area contributed by atoms with Gasteiger partial charge in [0, 0.05) is 45.8 Å². The van der Waals surface area contributed by atoms with Crippen LogP contribution >= 0.6 is 24.0 Å². The molecule has 1 aromatic rings. The van der Waals surface area contributed by atoms with Crippen LogP contribution in [0.3, 0.4) is 0 Å². The zero-order valence-electron chi connectivity index (χ0n) is 17.3. The summed E-state index contributed by atoms with van der Waals surface area (Å²) in [6.07, 6.45) is 0.726. The Hall–Kier alpha value is -1.78. The van der Waals surface area contributed by atoms with Crippen LogP contribution in [-0.2, 0) is 11.3 Å². The highest BCUT2D eigenvalue weighted by Gasteiger charge is 2.26. The van der Waals surface area contributed by atoms with Gasteiger partial charge in [0.25, 0.3) is 0 Å². The summed E-state index contributed by atoms with van der Waals surface area (Å²) in [4.78, 5) is 20.2. The lowest BCUT2D eigenvalue weighted by molar-refractivity contribution is 0.0240. The second-order valence-electron chi connectivity index (χ2n) is 8.10. The zero-order valence-corrected chi connectivity index (χ0v) is 19.7. The van der Waals surface area contributed by atoms with Gasteiger partial charge in [-0.3, -0.25) is 4.99 Å². The summed E-state index contributed by atoms with van der Waals surface area (Å²) in [5, 5.41) is 6.39. The largest absolute Gasteiger partial charge is 0.444 e. The summed E-state index contributed by atoms with van der Waals surface area (Å²) in [6.45, 7) is 9.99. The Morgan fingerprint density at radius 1 is 1.28 bits per heavy atom. The van der Waals surface area contributed by atoms with Crippen molar-refractivity contribution in [1.29, 1.82) is 0 Å². The average Bonchev–Trinajstić information content (AvgIpc) is 2.66. The van der Waals surface area contributed by atoms with Crippen LogP contribution in [0.25, 0.3) is 0 Å². The molecule has 7 nitrogen and oxygen atoms in total. The molecule has 0 aliphatic carbocycles. The molecule has 1 saturated heterocycles. The highest BCUT2D eigenvalue weighted by molar-refractivity contribution is 14.0. The molecule has 162 valence electrons. The minimum Gasteiger partial charge on any atom is -0.444 e. The first-order valence-corrected chi connectivity index (χ1v) is 9.85. The number of carbonyl (C=O) groups excluding carboxylic acids is 1. The fourth-order valence-corrected chi connectivity index (χ4v) is 3.21. The molecule has 2 aliphatic heterocycles. The molecule has 0 radical (unpaired) electrons. The van der Waals surface area contributed by atoms with E-state index in [0.29, 0.717) is 38.4 Å². The number of anilines is 1. The van der Waals surface area contributed by atoms with Crippen LogP contribution in [-0.4, -0.2) is 61.8 Å². The number of ether oxygens (including phenoxy) is 1. The Morgan fingerprint density at radius 2 is 2.00 bits per heavy atom. The van der Waals surface area contributed by atoms with Gasteiger partial charge >= 0.3 is 6.09 Å². The van der Waals surface area contributed by atoms with Crippen LogP contribution in [0.5, 0.6) is 0 Å². The van der Waals surface area contributed by atoms with Gasteiger partial charge in [0.05, 0.1) is 5.69 Å². The lowest BCUT2D eigenvalue weighted by Crippen LogP contribution is -2.50. The van der Waals surface area contributed by atoms with Gasteiger partial charge in [0.15, 0.2) is 5.96 Å². The summed E-state index contributed by atoms with van der Waals surface area (Å²) >= 11 is 0. The van der Waals surface area contributed by atoms with Gasteiger partial charge in [0.1, 0.15) is 11.4 Å². The smallest absolute Gasteiger partial charge is 0.410 e. The van der Waals surface area contributed by atoms with E-state index in [2.05, 4.69) is 15.6 Å². The standard InChI is InChI=1S/C20H30FN5O2.HI/c1-20(2,3)28-19(27)26-11-9-25(10-12-26)17-6-5-15(13-16(17)21)14-24-18-22-7-4-8-23-18;/h5-6,13H,4,7-12,14H2,1-3H3,(H2,22,23,24);1H. The molecular weight excluding hydrogens is 488 g/mol. The van der Waals surface area contributed by atoms with E-state index < -0.39 is 5.60 Å². The summed E-state index contributed by atoms with van der Waals surface area (Å²) in [5.74, 6) is 0.526. The molecule has 3 rings (SSSR count). The maximum Gasteiger partial charge on any atom is 0.410 e. The molecule has 9 heteroatoms. The molecule has 1 fully saturated rings. The van der Waals surface area contributed by atoms with Crippen LogP contribution < -0.4 is 15.5 Å². The van der Waals surface area contributed by atoms with E-state index in [1.54, 1.807) is 11.0 Å². The highest BCUT2D eigenvalue weighted by atomic mass is 127. The molecule has 1 amide bonds. The fourth-order valence-electron chi connectivity index (χ4n) is 3.21. The van der Waals surface area contributed by atoms with Crippen LogP contribution in [0.1, 0.15) is 32.8 Å². The predicted octanol–water partition coefficient (Wildman–Crippen LogP) is 2.94. The number of nitrogens with one attached hydrogen (secondary N) is 2. The minimum atomic E-state index is -0.511. The van der Waals surface area contributed by atoms with Crippen molar-refractivity contribution >= 4 is 41.7 Å². The van der Waals surface area contributed by atoms with Gasteiger partial charge < -0.3 is 25.2 Å². The fraction of sp³-hybridized carbons (Fsp3) is 0.600. The number of amides is 1. The normalized spacial score (nSPS) is 17.0. The molecule has 0 aromatic heterocycles. The maximum absolute atomic E-state index is 14.7. The molecule has 29 heavy (non-hydrogen) atoms. The van der Waals surface area contributed by atoms with Crippen molar-refractivity contribution in [2.24, 2.45) is 4.99 Å². The van der Waals surface area contributed by atoms with Crippen LogP contribution in [0.15, 0.2) is 23.2 Å². The van der Waals surface area contributed by atoms with E-state index in [1.165, 1.54) is 0 Å². The van der Waals surface area contributed by atoms with Crippen LogP contribution in [0.2, 0.25) is 0 Å². The van der Waals surface area contributed by atoms with E-state index in [1.807, 2.05) is 37.8 Å². The molecule has 2 N–H and O–H groups in total. The third kappa shape index (κ3) is 6.90. The first-order valence-electron chi connectivity index (χ1n) is 9.85. The molecule has 0 spiro atoms. The Morgan fingerprint density at radius 3 is 2.59 bits per heavy atom. The van der Waals surface area contributed by atoms with Gasteiger partial charge in [0.2, 0.25) is 0 Å². The van der Waals surface area contributed by atoms with Crippen molar-refractivity contribution < 1.29 is 13.9 Å². The monoisotopic (exact) mass is 519 g/mol. The molecule has 0 bridgehead atoms. The van der Waals surface area contributed by atoms with Gasteiger partial charge in [-0.2, -0.15) is 0 Å². The van der Waals surface area contributed by atoms with E-state index in [0.717, 1.165) is 31.0 Å². The van der Waals surface area contributed by atoms with Gasteiger partial charge in [-0.05, 0) is 44.9 Å². The third-order valence-corrected chi connectivity index (χ3v) is 4.64. The first-order chi connectivity index (χ1) is 13.3. The molecule has 2 heterocycles. The third-order valence-electron chi connectivity index (χ3n) is 4.64. The highest BCUT2D eigenvalue weighted by Crippen LogP contribution is 2.22. The van der Waals surface area contributed by atoms with Crippen molar-refractivity contribution in [3.63, 3.8) is 0 Å². The summed E-state index contributed by atoms with van der Waals surface area (Å²) < 4.78 is 20.1. The quantitative estimate of drug-likeness (QED) is 0.602. The number of rotatable bonds is 3. The minimum absolute atomic E-state index is 0. The van der Waals surface area contributed by atoms with Crippen molar-refractivity contribution in [3.05, 3.63) is 29.6 Å². The molecule has 1 aromatic carbocycles. The predicted molar refractivity (Wildman–Crippen MR) is 124 cm³/mol. The van der Waals surface area contributed by atoms with E-state index in [4.69, 9.17) is 4.74 Å². The Labute approximate surface area is 189 Å². The number of piperazine rings is 1. The number of guanidine groups is 1. The molecule has 2 aliphatic rings. The number of hydrogen-bond acceptors (Lipinski definition) is 6. The lowest BCUT2D eigenvalue weighted by Gasteiger charge is -2.36. The Kier molecular flexibility index (Phi) is 8.35. The summed E-state index contributed by atoms with van der Waals surface area (Å²) in [6, 6.07) is 5.30. The molecule has 0 atom stereocenters. The van der Waals surface area contributed by atoms with Gasteiger partial charge in [-0.1, -0.05) is 6.07 Å². The molecule has 0 unspecified atom stereocenters. The second kappa shape index (κ2) is 10.3. The zero-order chi connectivity index (χ0) is 20.1. The number of benzene rings is 1. The van der Waals surface area contributed by atoms with Crippen molar-refractivity contribution in [1.82, 2.24) is 15.5 Å². The number of aliphatic imine (C=N–C) groups is 1. The van der Waals surface area contributed by atoms with E-state index >= 15 is 0 Å². The maximum atomic E-state index is 14.7. The van der Waals surface area contributed by atoms with Crippen LogP contribution in [0, 0.1) is 5.82 Å². The number of nitrogens with zero attached hydrogens (tertiary/aromatic N) is 3. The lowest BCUT2D eigenvalue weighted by atomic mass is 10.1. The van der Waals surface area contributed by atoms with Gasteiger partial charge in [-0.15, -0.1) is 24.0 Å². The number of carbonyl (C=O) groups is 1. The number of halogens is 2. The van der Waals surface area contributed by atoms with Crippen LogP contribution in [0.4, 0.5) is 14.9 Å². The van der Waals surface area contributed by atoms with Gasteiger partial charge in [-0.25, -0.2) is 9.18 Å². The van der Waals surface area contributed by atoms with E-state index in [-0.39, 0.29) is 35.9 Å². The number of hydrogen-bond donors (Lipinski definition) is 2. The van der Waals surface area contributed by atoms with Crippen molar-refractivity contribution in [2.75, 3.05) is 44.2 Å². The Bertz CT molecular complexity index is 730. The second-order valence-corrected chi connectivity index (χ2v) is 8.10. The Balaban J connectivity index is 0.00000300. The first kappa shape index (κ1) is 23.5. The summed E-state index contributed by atoms with van der Waals surface area (Å²) in [5.41, 5.74) is 0.924. The topological polar surface area (TPSA) is 69.2 Å². The molecular formula is C20H31FIN5O2.